The van der Waals surface area contributed by atoms with E-state index < -0.39 is 6.26 Å². The number of hydrogen-bond acceptors (Lipinski definition) is 5. The molecule has 0 fully saturated rings. The van der Waals surface area contributed by atoms with E-state index in [9.17, 15) is 14.9 Å². The Hall–Kier alpha value is -3.35. The van der Waals surface area contributed by atoms with E-state index in [1.165, 1.54) is 6.07 Å². The Balaban J connectivity index is 1.70. The fourth-order valence-electron chi connectivity index (χ4n) is 4.58. The van der Waals surface area contributed by atoms with Crippen molar-refractivity contribution < 1.29 is 11.1 Å². The summed E-state index contributed by atoms with van der Waals surface area (Å²) in [7, 11) is 1.82. The minimum Gasteiger partial charge on any atom is -0.303 e. The summed E-state index contributed by atoms with van der Waals surface area (Å²) >= 11 is 0. The van der Waals surface area contributed by atoms with E-state index in [4.69, 9.17) is 1.37 Å². The average Bonchev–Trinajstić information content (AvgIpc) is 3.26. The molecule has 7 heteroatoms. The zero-order chi connectivity index (χ0) is 22.1. The van der Waals surface area contributed by atoms with Crippen molar-refractivity contribution in [2.75, 3.05) is 0 Å². The Labute approximate surface area is 176 Å². The van der Waals surface area contributed by atoms with Crippen LogP contribution in [0, 0.1) is 23.0 Å². The molecule has 1 aromatic heterocycles. The minimum absolute atomic E-state index is 0.0452. The first kappa shape index (κ1) is 18.7. The molecule has 7 nitrogen and oxygen atoms in total. The molecule has 3 aromatic rings. The Morgan fingerprint density at radius 1 is 1.27 bits per heavy atom. The molecular formula is C23H24N4O3. The minimum atomic E-state index is -0.613. The van der Waals surface area contributed by atoms with Crippen molar-refractivity contribution in [3.63, 3.8) is 0 Å². The van der Waals surface area contributed by atoms with Crippen molar-refractivity contribution in [2.45, 2.75) is 38.5 Å². The van der Waals surface area contributed by atoms with E-state index in [-0.39, 0.29) is 28.9 Å². The van der Waals surface area contributed by atoms with Gasteiger partial charge in [-0.2, -0.15) is 0 Å². The number of carbonyl (C=O) groups excluding carboxylic acids is 1. The number of aryl methyl sites for hydroxylation is 3. The van der Waals surface area contributed by atoms with Gasteiger partial charge in [0.2, 0.25) is 0 Å². The van der Waals surface area contributed by atoms with Gasteiger partial charge in [0.1, 0.15) is 7.63 Å². The first-order valence-electron chi connectivity index (χ1n) is 10.6. The molecule has 2 aromatic carbocycles. The second-order valence-electron chi connectivity index (χ2n) is 7.98. The molecule has 1 aliphatic rings. The lowest BCUT2D eigenvalue weighted by Crippen LogP contribution is -2.14. The highest BCUT2D eigenvalue weighted by atomic mass is 16.6. The molecular weight excluding hydrogens is 380 g/mol. The predicted octanol–water partition coefficient (Wildman–Crippen LogP) is 4.37. The van der Waals surface area contributed by atoms with Crippen LogP contribution in [0.3, 0.4) is 0 Å². The quantitative estimate of drug-likeness (QED) is 0.315. The number of carbonyl (C=O) groups is 1. The van der Waals surface area contributed by atoms with Gasteiger partial charge in [-0.05, 0) is 60.4 Å². The molecule has 2 unspecified atom stereocenters. The summed E-state index contributed by atoms with van der Waals surface area (Å²) in [5.41, 5.74) is 6.02. The second-order valence-corrected chi connectivity index (χ2v) is 7.98. The van der Waals surface area contributed by atoms with E-state index >= 15 is 0 Å². The average molecular weight is 405 g/mol. The molecule has 154 valence electrons. The maximum Gasteiger partial charge on any atom is 0.269 e. The van der Waals surface area contributed by atoms with Crippen LogP contribution in [0.25, 0.3) is 11.1 Å². The summed E-state index contributed by atoms with van der Waals surface area (Å²) in [5, 5.41) is 19.5. The topological polar surface area (TPSA) is 90.9 Å². The van der Waals surface area contributed by atoms with Crippen molar-refractivity contribution in [2.24, 2.45) is 13.0 Å². The standard InChI is InChI=1S/C23H24N4O3/c1-15-6-8-19-20-9-7-18(27(29)30)13-22(20)23(21(19)12-15)16(10-11-28)4-3-5-17-14-26(2)25-24-17/h6-9,11-14,16,23H,3-5,10H2,1-2H3/i11D. The molecule has 1 aliphatic carbocycles. The molecule has 1 heterocycles. The molecule has 0 radical (unpaired) electrons. The van der Waals surface area contributed by atoms with E-state index in [0.29, 0.717) is 6.42 Å². The first-order valence-corrected chi connectivity index (χ1v) is 10.1. The predicted molar refractivity (Wildman–Crippen MR) is 113 cm³/mol. The van der Waals surface area contributed by atoms with Gasteiger partial charge in [0.25, 0.3) is 5.69 Å². The van der Waals surface area contributed by atoms with E-state index in [0.717, 1.165) is 46.4 Å². The summed E-state index contributed by atoms with van der Waals surface area (Å²) < 4.78 is 9.28. The van der Waals surface area contributed by atoms with Crippen LogP contribution in [0.4, 0.5) is 5.69 Å². The van der Waals surface area contributed by atoms with Gasteiger partial charge in [0.15, 0.2) is 0 Å². The number of hydrogen-bond donors (Lipinski definition) is 0. The lowest BCUT2D eigenvalue weighted by molar-refractivity contribution is -0.384. The van der Waals surface area contributed by atoms with Crippen molar-refractivity contribution in [1.29, 1.82) is 0 Å². The molecule has 2 atom stereocenters. The van der Waals surface area contributed by atoms with Gasteiger partial charge in [-0.15, -0.1) is 5.10 Å². The summed E-state index contributed by atoms with van der Waals surface area (Å²) in [6.07, 6.45) is 3.60. The number of fused-ring (bicyclic) bond motifs is 3. The van der Waals surface area contributed by atoms with Crippen molar-refractivity contribution >= 4 is 11.9 Å². The number of nitro groups is 1. The maximum absolute atomic E-state index is 11.8. The van der Waals surface area contributed by atoms with Gasteiger partial charge < -0.3 is 4.79 Å². The van der Waals surface area contributed by atoms with Crippen molar-refractivity contribution in [3.8, 4) is 11.1 Å². The lowest BCUT2D eigenvalue weighted by atomic mass is 9.79. The van der Waals surface area contributed by atoms with Gasteiger partial charge in [-0.1, -0.05) is 29.0 Å². The summed E-state index contributed by atoms with van der Waals surface area (Å²) in [6.45, 7) is 2.02. The normalized spacial score (nSPS) is 15.9. The highest BCUT2D eigenvalue weighted by molar-refractivity contribution is 5.80. The van der Waals surface area contributed by atoms with E-state index in [1.54, 1.807) is 16.8 Å². The fraction of sp³-hybridized carbons (Fsp3) is 0.348. The summed E-state index contributed by atoms with van der Waals surface area (Å²) in [6, 6.07) is 11.2. The molecule has 0 saturated heterocycles. The number of aldehydes is 1. The Kier molecular flexibility index (Phi) is 5.09. The molecule has 0 N–H and O–H groups in total. The lowest BCUT2D eigenvalue weighted by Gasteiger charge is -2.24. The molecule has 0 aliphatic heterocycles. The number of nitrogens with zero attached hydrogens (tertiary/aromatic N) is 4. The van der Waals surface area contributed by atoms with Gasteiger partial charge >= 0.3 is 0 Å². The third kappa shape index (κ3) is 3.75. The van der Waals surface area contributed by atoms with Crippen LogP contribution in [-0.2, 0) is 18.3 Å². The van der Waals surface area contributed by atoms with Crippen LogP contribution in [0.15, 0.2) is 42.6 Å². The number of nitro benzene ring substituents is 1. The summed E-state index contributed by atoms with van der Waals surface area (Å²) in [5.74, 6) is -0.272. The van der Waals surface area contributed by atoms with Crippen molar-refractivity contribution in [1.82, 2.24) is 15.0 Å². The number of aromatic nitrogens is 3. The Morgan fingerprint density at radius 2 is 2.00 bits per heavy atom. The van der Waals surface area contributed by atoms with Gasteiger partial charge in [0.05, 0.1) is 10.6 Å². The molecule has 4 rings (SSSR count). The smallest absolute Gasteiger partial charge is 0.269 e. The zero-order valence-electron chi connectivity index (χ0n) is 18.0. The third-order valence-corrected chi connectivity index (χ3v) is 5.89. The van der Waals surface area contributed by atoms with Crippen molar-refractivity contribution in [3.05, 3.63) is 75.1 Å². The van der Waals surface area contributed by atoms with Crippen LogP contribution in [0.2, 0.25) is 0 Å². The molecule has 30 heavy (non-hydrogen) atoms. The second kappa shape index (κ2) is 8.18. The summed E-state index contributed by atoms with van der Waals surface area (Å²) in [4.78, 5) is 22.9. The van der Waals surface area contributed by atoms with Gasteiger partial charge in [0, 0.05) is 37.7 Å². The highest BCUT2D eigenvalue weighted by Crippen LogP contribution is 2.51. The van der Waals surface area contributed by atoms with E-state index in [1.807, 2.05) is 26.2 Å². The van der Waals surface area contributed by atoms with Crippen LogP contribution >= 0.6 is 0 Å². The fourth-order valence-corrected chi connectivity index (χ4v) is 4.58. The van der Waals surface area contributed by atoms with E-state index in [2.05, 4.69) is 22.4 Å². The molecule has 0 spiro atoms. The molecule has 0 amide bonds. The number of benzene rings is 2. The first-order chi connectivity index (χ1) is 14.8. The largest absolute Gasteiger partial charge is 0.303 e. The molecule has 0 saturated carbocycles. The SMILES string of the molecule is [2H]C(=O)CC(CCCc1cn(C)nn1)C1c2cc(C)ccc2-c2ccc([N+](=O)[O-])cc21. The third-order valence-electron chi connectivity index (χ3n) is 5.89. The van der Waals surface area contributed by atoms with Crippen LogP contribution < -0.4 is 0 Å². The van der Waals surface area contributed by atoms with Crippen LogP contribution in [-0.4, -0.2) is 26.2 Å². The Bertz CT molecular complexity index is 1160. The highest BCUT2D eigenvalue weighted by Gasteiger charge is 2.35. The Morgan fingerprint density at radius 3 is 2.67 bits per heavy atom. The number of rotatable bonds is 8. The van der Waals surface area contributed by atoms with Gasteiger partial charge in [-0.25, -0.2) is 0 Å². The van der Waals surface area contributed by atoms with Crippen LogP contribution in [0.1, 0.15) is 48.9 Å². The number of non-ortho nitro benzene ring substituents is 1. The van der Waals surface area contributed by atoms with Crippen LogP contribution in [0.5, 0.6) is 0 Å². The zero-order valence-corrected chi connectivity index (χ0v) is 17.0. The monoisotopic (exact) mass is 405 g/mol. The molecule has 0 bridgehead atoms. The maximum atomic E-state index is 11.8. The van der Waals surface area contributed by atoms with Gasteiger partial charge in [-0.3, -0.25) is 14.8 Å².